The molecule has 1 aliphatic carbocycles. The molecule has 0 radical (unpaired) electrons. The van der Waals surface area contributed by atoms with Gasteiger partial charge in [-0.25, -0.2) is 0 Å². The maximum absolute atomic E-state index is 13.2. The Morgan fingerprint density at radius 2 is 1.79 bits per heavy atom. The molecule has 5 nitrogen and oxygen atoms in total. The van der Waals surface area contributed by atoms with Crippen molar-refractivity contribution < 1.29 is 14.7 Å². The first-order valence-electron chi connectivity index (χ1n) is 9.63. The fourth-order valence-corrected chi connectivity index (χ4v) is 4.78. The minimum Gasteiger partial charge on any atom is -0.480 e. The van der Waals surface area contributed by atoms with E-state index in [1.165, 1.54) is 12.8 Å². The van der Waals surface area contributed by atoms with Gasteiger partial charge < -0.3 is 10.0 Å². The summed E-state index contributed by atoms with van der Waals surface area (Å²) in [6, 6.07) is 0.291. The third kappa shape index (κ3) is 4.50. The van der Waals surface area contributed by atoms with Crippen LogP contribution in [-0.4, -0.2) is 59.0 Å². The van der Waals surface area contributed by atoms with Crippen molar-refractivity contribution in [2.75, 3.05) is 26.2 Å². The van der Waals surface area contributed by atoms with E-state index >= 15 is 0 Å². The van der Waals surface area contributed by atoms with Crippen LogP contribution in [0.4, 0.5) is 0 Å². The smallest absolute Gasteiger partial charge is 0.317 e. The Bertz CT molecular complexity index is 436. The standard InChI is InChI=1S/C19H34N2O3/c1-4-20(14-17(22)23)16-7-11-21(12-8-16)18(24)19(13-15(2)3)9-5-6-10-19/h15-16H,4-14H2,1-3H3,(H,22,23). The highest BCUT2D eigenvalue weighted by atomic mass is 16.4. The molecule has 5 heteroatoms. The molecule has 1 heterocycles. The normalized spacial score (nSPS) is 21.6. The summed E-state index contributed by atoms with van der Waals surface area (Å²) < 4.78 is 0. The summed E-state index contributed by atoms with van der Waals surface area (Å²) in [5, 5.41) is 9.04. The lowest BCUT2D eigenvalue weighted by molar-refractivity contribution is -0.146. The topological polar surface area (TPSA) is 60.9 Å². The van der Waals surface area contributed by atoms with Gasteiger partial charge in [0.15, 0.2) is 0 Å². The van der Waals surface area contributed by atoms with E-state index in [1.54, 1.807) is 0 Å². The predicted octanol–water partition coefficient (Wildman–Crippen LogP) is 2.99. The fourth-order valence-electron chi connectivity index (χ4n) is 4.78. The van der Waals surface area contributed by atoms with Crippen LogP contribution >= 0.6 is 0 Å². The van der Waals surface area contributed by atoms with Crippen LogP contribution in [0.15, 0.2) is 0 Å². The van der Waals surface area contributed by atoms with E-state index in [0.717, 1.165) is 51.7 Å². The van der Waals surface area contributed by atoms with Crippen LogP contribution in [0.5, 0.6) is 0 Å². The van der Waals surface area contributed by atoms with Gasteiger partial charge >= 0.3 is 5.97 Å². The Kier molecular flexibility index (Phi) is 6.67. The first-order chi connectivity index (χ1) is 11.4. The Morgan fingerprint density at radius 3 is 2.25 bits per heavy atom. The molecule has 1 saturated heterocycles. The number of nitrogens with zero attached hydrogens (tertiary/aromatic N) is 2. The number of rotatable bonds is 7. The summed E-state index contributed by atoms with van der Waals surface area (Å²) in [5.41, 5.74) is -0.119. The quantitative estimate of drug-likeness (QED) is 0.775. The van der Waals surface area contributed by atoms with Gasteiger partial charge in [-0.15, -0.1) is 0 Å². The molecule has 2 aliphatic rings. The number of carbonyl (C=O) groups is 2. The Balaban J connectivity index is 1.95. The summed E-state index contributed by atoms with van der Waals surface area (Å²) in [7, 11) is 0. The Hall–Kier alpha value is -1.10. The highest BCUT2D eigenvalue weighted by molar-refractivity contribution is 5.83. The molecule has 1 amide bonds. The van der Waals surface area contributed by atoms with Crippen molar-refractivity contribution in [1.29, 1.82) is 0 Å². The Labute approximate surface area is 146 Å². The van der Waals surface area contributed by atoms with Crippen LogP contribution in [0.3, 0.4) is 0 Å². The van der Waals surface area contributed by atoms with E-state index in [1.807, 2.05) is 11.8 Å². The number of carboxylic acids is 1. The van der Waals surface area contributed by atoms with Crippen LogP contribution in [0.1, 0.15) is 65.7 Å². The van der Waals surface area contributed by atoms with Crippen LogP contribution in [0, 0.1) is 11.3 Å². The third-order valence-corrected chi connectivity index (χ3v) is 5.83. The van der Waals surface area contributed by atoms with Gasteiger partial charge in [-0.3, -0.25) is 14.5 Å². The second kappa shape index (κ2) is 8.32. The number of likely N-dealkylation sites (N-methyl/N-ethyl adjacent to an activating group) is 1. The average Bonchev–Trinajstić information content (AvgIpc) is 3.00. The van der Waals surface area contributed by atoms with Gasteiger partial charge in [0.05, 0.1) is 6.54 Å². The molecule has 1 aliphatic heterocycles. The number of amides is 1. The monoisotopic (exact) mass is 338 g/mol. The molecule has 2 fully saturated rings. The van der Waals surface area contributed by atoms with E-state index in [9.17, 15) is 9.59 Å². The average molecular weight is 338 g/mol. The van der Waals surface area contributed by atoms with Crippen molar-refractivity contribution in [1.82, 2.24) is 9.80 Å². The van der Waals surface area contributed by atoms with Gasteiger partial charge in [0.1, 0.15) is 0 Å². The lowest BCUT2D eigenvalue weighted by Gasteiger charge is -2.41. The first-order valence-corrected chi connectivity index (χ1v) is 9.63. The van der Waals surface area contributed by atoms with E-state index in [4.69, 9.17) is 5.11 Å². The lowest BCUT2D eigenvalue weighted by atomic mass is 9.77. The summed E-state index contributed by atoms with van der Waals surface area (Å²) in [6.07, 6.45) is 7.24. The number of carbonyl (C=O) groups excluding carboxylic acids is 1. The first kappa shape index (κ1) is 19.2. The number of carboxylic acid groups (broad SMARTS) is 1. The number of likely N-dealkylation sites (tertiary alicyclic amines) is 1. The third-order valence-electron chi connectivity index (χ3n) is 5.83. The zero-order valence-electron chi connectivity index (χ0n) is 15.6. The lowest BCUT2D eigenvalue weighted by Crippen LogP contribution is -2.51. The van der Waals surface area contributed by atoms with Crippen LogP contribution in [-0.2, 0) is 9.59 Å². The van der Waals surface area contributed by atoms with E-state index in [0.29, 0.717) is 17.9 Å². The molecule has 0 aromatic heterocycles. The maximum Gasteiger partial charge on any atom is 0.317 e. The minimum atomic E-state index is -0.766. The zero-order valence-corrected chi connectivity index (χ0v) is 15.6. The van der Waals surface area contributed by atoms with Crippen molar-refractivity contribution in [2.45, 2.75) is 71.8 Å². The fraction of sp³-hybridized carbons (Fsp3) is 0.895. The summed E-state index contributed by atoms with van der Waals surface area (Å²) in [4.78, 5) is 28.3. The minimum absolute atomic E-state index is 0.104. The van der Waals surface area contributed by atoms with Crippen LogP contribution < -0.4 is 0 Å². The second-order valence-electron chi connectivity index (χ2n) is 8.07. The van der Waals surface area contributed by atoms with Crippen LogP contribution in [0.25, 0.3) is 0 Å². The van der Waals surface area contributed by atoms with Gasteiger partial charge in [0.2, 0.25) is 5.91 Å². The molecule has 0 unspecified atom stereocenters. The largest absolute Gasteiger partial charge is 0.480 e. The molecular formula is C19H34N2O3. The molecule has 138 valence electrons. The van der Waals surface area contributed by atoms with Gasteiger partial charge in [-0.1, -0.05) is 33.6 Å². The second-order valence-corrected chi connectivity index (χ2v) is 8.07. The number of hydrogen-bond acceptors (Lipinski definition) is 3. The number of aliphatic carboxylic acids is 1. The van der Waals surface area contributed by atoms with Crippen molar-refractivity contribution in [3.63, 3.8) is 0 Å². The summed E-state index contributed by atoms with van der Waals surface area (Å²) in [6.45, 7) is 8.85. The molecule has 1 N–H and O–H groups in total. The highest BCUT2D eigenvalue weighted by Crippen LogP contribution is 2.45. The predicted molar refractivity (Wildman–Crippen MR) is 94.8 cm³/mol. The zero-order chi connectivity index (χ0) is 17.7. The molecule has 0 spiro atoms. The van der Waals surface area contributed by atoms with Crippen molar-refractivity contribution in [3.05, 3.63) is 0 Å². The van der Waals surface area contributed by atoms with Gasteiger partial charge in [0.25, 0.3) is 0 Å². The number of hydrogen-bond donors (Lipinski definition) is 1. The highest BCUT2D eigenvalue weighted by Gasteiger charge is 2.44. The molecule has 0 aromatic carbocycles. The summed E-state index contributed by atoms with van der Waals surface area (Å²) >= 11 is 0. The van der Waals surface area contributed by atoms with E-state index in [2.05, 4.69) is 18.7 Å². The van der Waals surface area contributed by atoms with Gasteiger partial charge in [-0.05, 0) is 44.6 Å². The maximum atomic E-state index is 13.2. The SMILES string of the molecule is CCN(CC(=O)O)C1CCN(C(=O)C2(CC(C)C)CCCC2)CC1. The van der Waals surface area contributed by atoms with Crippen LogP contribution in [0.2, 0.25) is 0 Å². The summed E-state index contributed by atoms with van der Waals surface area (Å²) in [5.74, 6) is 0.154. The molecule has 24 heavy (non-hydrogen) atoms. The van der Waals surface area contributed by atoms with Crippen molar-refractivity contribution >= 4 is 11.9 Å². The molecule has 0 aromatic rings. The van der Waals surface area contributed by atoms with Crippen molar-refractivity contribution in [3.8, 4) is 0 Å². The molecule has 1 saturated carbocycles. The molecule has 2 rings (SSSR count). The van der Waals surface area contributed by atoms with Gasteiger partial charge in [0, 0.05) is 24.5 Å². The van der Waals surface area contributed by atoms with Crippen molar-refractivity contribution in [2.24, 2.45) is 11.3 Å². The van der Waals surface area contributed by atoms with E-state index in [-0.39, 0.29) is 12.0 Å². The molecule has 0 bridgehead atoms. The molecular weight excluding hydrogens is 304 g/mol. The van der Waals surface area contributed by atoms with E-state index < -0.39 is 5.97 Å². The van der Waals surface area contributed by atoms with Gasteiger partial charge in [-0.2, -0.15) is 0 Å². The Morgan fingerprint density at radius 1 is 1.21 bits per heavy atom. The molecule has 0 atom stereocenters. The number of piperidine rings is 1.